The van der Waals surface area contributed by atoms with Crippen molar-refractivity contribution < 1.29 is 13.2 Å². The first-order valence-corrected chi connectivity index (χ1v) is 9.74. The Bertz CT molecular complexity index is 466. The summed E-state index contributed by atoms with van der Waals surface area (Å²) in [5.74, 6) is 0.543. The number of hydrogen-bond acceptors (Lipinski definition) is 4. The highest BCUT2D eigenvalue weighted by Gasteiger charge is 2.30. The van der Waals surface area contributed by atoms with Gasteiger partial charge in [0.1, 0.15) is 0 Å². The Morgan fingerprint density at radius 3 is 2.43 bits per heavy atom. The van der Waals surface area contributed by atoms with E-state index in [1.165, 1.54) is 6.26 Å². The zero-order valence-electron chi connectivity index (χ0n) is 12.7. The van der Waals surface area contributed by atoms with Crippen LogP contribution >= 0.6 is 0 Å². The Hall–Kier alpha value is -0.660. The second kappa shape index (κ2) is 7.07. The molecule has 2 aliphatic carbocycles. The Morgan fingerprint density at radius 1 is 1.14 bits per heavy atom. The molecule has 4 atom stereocenters. The summed E-state index contributed by atoms with van der Waals surface area (Å²) in [6.07, 6.45) is 7.65. The van der Waals surface area contributed by atoms with Crippen molar-refractivity contribution >= 4 is 15.9 Å². The van der Waals surface area contributed by atoms with Gasteiger partial charge in [-0.1, -0.05) is 12.8 Å². The predicted octanol–water partition coefficient (Wildman–Crippen LogP) is 0.338. The summed E-state index contributed by atoms with van der Waals surface area (Å²) in [6, 6.07) is 0.107. The molecule has 2 aliphatic rings. The van der Waals surface area contributed by atoms with Crippen LogP contribution in [0.4, 0.5) is 0 Å². The summed E-state index contributed by atoms with van der Waals surface area (Å²) in [4.78, 5) is 12.0. The molecular formula is C14H27N3O3S. The van der Waals surface area contributed by atoms with Gasteiger partial charge < -0.3 is 11.1 Å². The molecular weight excluding hydrogens is 290 g/mol. The largest absolute Gasteiger partial charge is 0.356 e. The van der Waals surface area contributed by atoms with Crippen molar-refractivity contribution in [2.45, 2.75) is 57.0 Å². The van der Waals surface area contributed by atoms with Gasteiger partial charge in [0.2, 0.25) is 15.9 Å². The quantitative estimate of drug-likeness (QED) is 0.657. The highest BCUT2D eigenvalue weighted by molar-refractivity contribution is 7.88. The average Bonchev–Trinajstić information content (AvgIpc) is 2.95. The molecule has 7 heteroatoms. The minimum Gasteiger partial charge on any atom is -0.356 e. The zero-order chi connectivity index (χ0) is 15.5. The molecule has 2 fully saturated rings. The van der Waals surface area contributed by atoms with Gasteiger partial charge in [0.25, 0.3) is 0 Å². The van der Waals surface area contributed by atoms with Crippen LogP contribution in [-0.4, -0.2) is 39.2 Å². The lowest BCUT2D eigenvalue weighted by Gasteiger charge is -2.21. The molecule has 0 spiro atoms. The Labute approximate surface area is 127 Å². The summed E-state index contributed by atoms with van der Waals surface area (Å²) in [7, 11) is -3.18. The lowest BCUT2D eigenvalue weighted by Crippen LogP contribution is -2.42. The molecule has 0 aromatic rings. The first kappa shape index (κ1) is 16.7. The molecule has 21 heavy (non-hydrogen) atoms. The van der Waals surface area contributed by atoms with Crippen molar-refractivity contribution in [3.63, 3.8) is 0 Å². The van der Waals surface area contributed by atoms with Gasteiger partial charge in [-0.05, 0) is 37.5 Å². The van der Waals surface area contributed by atoms with E-state index in [4.69, 9.17) is 5.73 Å². The van der Waals surface area contributed by atoms with Gasteiger partial charge in [0.05, 0.1) is 6.26 Å². The molecule has 0 radical (unpaired) electrons. The van der Waals surface area contributed by atoms with E-state index < -0.39 is 10.0 Å². The molecule has 2 unspecified atom stereocenters. The Balaban J connectivity index is 1.75. The van der Waals surface area contributed by atoms with Crippen molar-refractivity contribution in [3.05, 3.63) is 0 Å². The number of sulfonamides is 1. The van der Waals surface area contributed by atoms with Crippen molar-refractivity contribution in [1.29, 1.82) is 0 Å². The van der Waals surface area contributed by atoms with Crippen LogP contribution in [0.25, 0.3) is 0 Å². The number of rotatable bonds is 6. The third-order valence-electron chi connectivity index (χ3n) is 4.75. The van der Waals surface area contributed by atoms with Crippen LogP contribution in [0, 0.1) is 11.8 Å². The molecule has 0 aromatic carbocycles. The lowest BCUT2D eigenvalue weighted by molar-refractivity contribution is -0.122. The van der Waals surface area contributed by atoms with Crippen molar-refractivity contribution in [1.82, 2.24) is 10.0 Å². The molecule has 0 aromatic heterocycles. The normalized spacial score (nSPS) is 33.2. The number of nitrogens with two attached hydrogens (primary N) is 1. The number of hydrogen-bond donors (Lipinski definition) is 3. The van der Waals surface area contributed by atoms with Crippen LogP contribution in [-0.2, 0) is 14.8 Å². The lowest BCUT2D eigenvalue weighted by atomic mass is 9.99. The molecule has 122 valence electrons. The minimum absolute atomic E-state index is 0.0438. The number of carbonyl (C=O) groups excluding carboxylic acids is 1. The third-order valence-corrected chi connectivity index (χ3v) is 5.48. The van der Waals surface area contributed by atoms with Crippen LogP contribution in [0.2, 0.25) is 0 Å². The van der Waals surface area contributed by atoms with Crippen LogP contribution in [0.5, 0.6) is 0 Å². The van der Waals surface area contributed by atoms with Crippen molar-refractivity contribution in [2.24, 2.45) is 17.6 Å². The number of amides is 1. The fourth-order valence-electron chi connectivity index (χ4n) is 3.59. The molecule has 2 saturated carbocycles. The summed E-state index contributed by atoms with van der Waals surface area (Å²) >= 11 is 0. The van der Waals surface area contributed by atoms with E-state index in [-0.39, 0.29) is 23.9 Å². The maximum absolute atomic E-state index is 12.0. The molecule has 6 nitrogen and oxygen atoms in total. The van der Waals surface area contributed by atoms with Gasteiger partial charge in [-0.3, -0.25) is 4.79 Å². The topological polar surface area (TPSA) is 101 Å². The van der Waals surface area contributed by atoms with Crippen molar-refractivity contribution in [2.75, 3.05) is 12.8 Å². The van der Waals surface area contributed by atoms with Crippen LogP contribution in [0.15, 0.2) is 0 Å². The minimum atomic E-state index is -3.18. The fraction of sp³-hybridized carbons (Fsp3) is 0.929. The zero-order valence-corrected chi connectivity index (χ0v) is 13.5. The smallest absolute Gasteiger partial charge is 0.220 e. The third kappa shape index (κ3) is 5.23. The van der Waals surface area contributed by atoms with E-state index in [2.05, 4.69) is 10.0 Å². The molecule has 0 saturated heterocycles. The Morgan fingerprint density at radius 2 is 1.81 bits per heavy atom. The van der Waals surface area contributed by atoms with Crippen LogP contribution in [0.1, 0.15) is 44.9 Å². The Kier molecular flexibility index (Phi) is 5.62. The highest BCUT2D eigenvalue weighted by atomic mass is 32.2. The van der Waals surface area contributed by atoms with Gasteiger partial charge in [-0.2, -0.15) is 0 Å². The fourth-order valence-corrected chi connectivity index (χ4v) is 4.45. The van der Waals surface area contributed by atoms with Crippen LogP contribution < -0.4 is 15.8 Å². The second-order valence-electron chi connectivity index (χ2n) is 6.55. The maximum atomic E-state index is 12.0. The molecule has 2 rings (SSSR count). The predicted molar refractivity (Wildman–Crippen MR) is 82.1 cm³/mol. The average molecular weight is 317 g/mol. The first-order valence-electron chi connectivity index (χ1n) is 7.85. The van der Waals surface area contributed by atoms with E-state index in [0.717, 1.165) is 38.5 Å². The van der Waals surface area contributed by atoms with Gasteiger partial charge in [-0.25, -0.2) is 13.1 Å². The molecule has 0 heterocycles. The second-order valence-corrected chi connectivity index (χ2v) is 8.33. The molecule has 0 bridgehead atoms. The van der Waals surface area contributed by atoms with Gasteiger partial charge >= 0.3 is 0 Å². The van der Waals surface area contributed by atoms with Crippen molar-refractivity contribution in [3.8, 4) is 0 Å². The molecule has 1 amide bonds. The molecule has 0 aliphatic heterocycles. The van der Waals surface area contributed by atoms with E-state index in [0.29, 0.717) is 18.9 Å². The number of nitrogens with one attached hydrogen (secondary N) is 2. The summed E-state index contributed by atoms with van der Waals surface area (Å²) < 4.78 is 25.3. The maximum Gasteiger partial charge on any atom is 0.220 e. The van der Waals surface area contributed by atoms with E-state index in [1.807, 2.05) is 0 Å². The summed E-state index contributed by atoms with van der Waals surface area (Å²) in [5, 5.41) is 2.96. The standard InChI is InChI=1S/C14H27N3O3S/c1-21(19,20)17-13-7-3-5-11(13)9-16-14(18)8-10-4-2-6-12(10)15/h10-13,17H,2-9,15H2,1H3,(H,16,18)/t10-,11?,12+,13?/m0/s1. The van der Waals surface area contributed by atoms with E-state index in [9.17, 15) is 13.2 Å². The monoisotopic (exact) mass is 317 g/mol. The first-order chi connectivity index (χ1) is 9.85. The van der Waals surface area contributed by atoms with E-state index >= 15 is 0 Å². The van der Waals surface area contributed by atoms with Gasteiger partial charge in [-0.15, -0.1) is 0 Å². The number of carbonyl (C=O) groups is 1. The molecule has 4 N–H and O–H groups in total. The van der Waals surface area contributed by atoms with Crippen LogP contribution in [0.3, 0.4) is 0 Å². The van der Waals surface area contributed by atoms with Gasteiger partial charge in [0.15, 0.2) is 0 Å². The summed E-state index contributed by atoms with van der Waals surface area (Å²) in [5.41, 5.74) is 5.98. The highest BCUT2D eigenvalue weighted by Crippen LogP contribution is 2.27. The van der Waals surface area contributed by atoms with Gasteiger partial charge in [0, 0.05) is 25.0 Å². The van der Waals surface area contributed by atoms with E-state index in [1.54, 1.807) is 0 Å². The SMILES string of the molecule is CS(=O)(=O)NC1CCCC1CNC(=O)C[C@@H]1CCC[C@H]1N. The summed E-state index contributed by atoms with van der Waals surface area (Å²) in [6.45, 7) is 0.550.